The van der Waals surface area contributed by atoms with Crippen molar-refractivity contribution in [2.75, 3.05) is 0 Å². The standard InChI is InChI=1S/C15H17Cl2NO/c16-11-6-10(7-12(17)8-11)15(19)5-9-3-13-1-2-14(4-9)18-13/h6-9,13-14,18H,1-5H2/t9-,13+,14-. The van der Waals surface area contributed by atoms with Gasteiger partial charge in [0.1, 0.15) is 0 Å². The molecule has 0 radical (unpaired) electrons. The maximum absolute atomic E-state index is 12.3. The molecule has 2 bridgehead atoms. The van der Waals surface area contributed by atoms with Gasteiger partial charge in [-0.05, 0) is 49.8 Å². The lowest BCUT2D eigenvalue weighted by Gasteiger charge is -2.28. The van der Waals surface area contributed by atoms with Crippen LogP contribution in [0.15, 0.2) is 18.2 Å². The van der Waals surface area contributed by atoms with Crippen LogP contribution in [0.1, 0.15) is 42.5 Å². The average molecular weight is 298 g/mol. The number of hydrogen-bond donors (Lipinski definition) is 1. The van der Waals surface area contributed by atoms with Gasteiger partial charge in [0.15, 0.2) is 5.78 Å². The smallest absolute Gasteiger partial charge is 0.163 e. The lowest BCUT2D eigenvalue weighted by atomic mass is 9.87. The predicted octanol–water partition coefficient (Wildman–Crippen LogP) is 4.10. The van der Waals surface area contributed by atoms with Gasteiger partial charge in [0.05, 0.1) is 0 Å². The van der Waals surface area contributed by atoms with Crippen LogP contribution in [0.5, 0.6) is 0 Å². The summed E-state index contributed by atoms with van der Waals surface area (Å²) in [6.45, 7) is 0. The number of fused-ring (bicyclic) bond motifs is 2. The Morgan fingerprint density at radius 3 is 2.26 bits per heavy atom. The third-order valence-electron chi connectivity index (χ3n) is 4.23. The molecule has 0 unspecified atom stereocenters. The Kier molecular flexibility index (Phi) is 3.84. The molecule has 2 saturated heterocycles. The third-order valence-corrected chi connectivity index (χ3v) is 4.67. The van der Waals surface area contributed by atoms with Gasteiger partial charge in [-0.25, -0.2) is 0 Å². The van der Waals surface area contributed by atoms with Crippen LogP contribution in [0, 0.1) is 5.92 Å². The summed E-state index contributed by atoms with van der Waals surface area (Å²) >= 11 is 11.9. The van der Waals surface area contributed by atoms with Gasteiger partial charge in [0, 0.05) is 34.1 Å². The largest absolute Gasteiger partial charge is 0.311 e. The number of carbonyl (C=O) groups is 1. The number of hydrogen-bond acceptors (Lipinski definition) is 2. The molecule has 2 aliphatic heterocycles. The Morgan fingerprint density at radius 2 is 1.68 bits per heavy atom. The predicted molar refractivity (Wildman–Crippen MR) is 78.1 cm³/mol. The van der Waals surface area contributed by atoms with Crippen LogP contribution in [0.3, 0.4) is 0 Å². The van der Waals surface area contributed by atoms with Crippen molar-refractivity contribution in [2.45, 2.75) is 44.2 Å². The zero-order valence-corrected chi connectivity index (χ0v) is 12.2. The van der Waals surface area contributed by atoms with Crippen LogP contribution in [0.25, 0.3) is 0 Å². The summed E-state index contributed by atoms with van der Waals surface area (Å²) in [5.74, 6) is 0.666. The molecule has 2 heterocycles. The molecule has 0 aromatic heterocycles. The number of carbonyl (C=O) groups excluding carboxylic acids is 1. The number of halogens is 2. The summed E-state index contributed by atoms with van der Waals surface area (Å²) in [7, 11) is 0. The molecule has 1 N–H and O–H groups in total. The zero-order valence-electron chi connectivity index (χ0n) is 10.7. The number of piperidine rings is 1. The maximum atomic E-state index is 12.3. The van der Waals surface area contributed by atoms with E-state index in [1.807, 2.05) is 0 Å². The van der Waals surface area contributed by atoms with Crippen LogP contribution in [-0.4, -0.2) is 17.9 Å². The van der Waals surface area contributed by atoms with E-state index in [2.05, 4.69) is 5.32 Å². The molecule has 1 aromatic rings. The van der Waals surface area contributed by atoms with Crippen molar-refractivity contribution < 1.29 is 4.79 Å². The first-order valence-corrected chi connectivity index (χ1v) is 7.61. The van der Waals surface area contributed by atoms with Gasteiger partial charge in [0.25, 0.3) is 0 Å². The van der Waals surface area contributed by atoms with Gasteiger partial charge in [0.2, 0.25) is 0 Å². The molecule has 2 nitrogen and oxygen atoms in total. The second kappa shape index (κ2) is 5.43. The van der Waals surface area contributed by atoms with E-state index in [9.17, 15) is 4.79 Å². The highest BCUT2D eigenvalue weighted by atomic mass is 35.5. The van der Waals surface area contributed by atoms with E-state index in [1.165, 1.54) is 12.8 Å². The second-order valence-corrected chi connectivity index (χ2v) is 6.63. The van der Waals surface area contributed by atoms with E-state index in [4.69, 9.17) is 23.2 Å². The van der Waals surface area contributed by atoms with Crippen LogP contribution in [0.2, 0.25) is 10.0 Å². The summed E-state index contributed by atoms with van der Waals surface area (Å²) in [5.41, 5.74) is 0.642. The van der Waals surface area contributed by atoms with Gasteiger partial charge in [-0.15, -0.1) is 0 Å². The van der Waals surface area contributed by atoms with Crippen molar-refractivity contribution >= 4 is 29.0 Å². The first-order valence-electron chi connectivity index (χ1n) is 6.85. The van der Waals surface area contributed by atoms with Gasteiger partial charge >= 0.3 is 0 Å². The molecule has 0 amide bonds. The Morgan fingerprint density at radius 1 is 1.11 bits per heavy atom. The molecule has 3 atom stereocenters. The van der Waals surface area contributed by atoms with Crippen LogP contribution < -0.4 is 5.32 Å². The van der Waals surface area contributed by atoms with Gasteiger partial charge in [-0.1, -0.05) is 23.2 Å². The van der Waals surface area contributed by atoms with E-state index >= 15 is 0 Å². The van der Waals surface area contributed by atoms with Crippen molar-refractivity contribution in [3.05, 3.63) is 33.8 Å². The molecule has 0 aliphatic carbocycles. The molecular weight excluding hydrogens is 281 g/mol. The summed E-state index contributed by atoms with van der Waals surface area (Å²) in [4.78, 5) is 12.3. The van der Waals surface area contributed by atoms with Gasteiger partial charge in [-0.2, -0.15) is 0 Å². The quantitative estimate of drug-likeness (QED) is 0.851. The number of ketones is 1. The molecule has 1 aromatic carbocycles. The van der Waals surface area contributed by atoms with Crippen molar-refractivity contribution in [1.82, 2.24) is 5.32 Å². The lowest BCUT2D eigenvalue weighted by Crippen LogP contribution is -2.38. The van der Waals surface area contributed by atoms with Crippen LogP contribution in [-0.2, 0) is 0 Å². The minimum atomic E-state index is 0.163. The van der Waals surface area contributed by atoms with E-state index in [-0.39, 0.29) is 5.78 Å². The topological polar surface area (TPSA) is 29.1 Å². The minimum absolute atomic E-state index is 0.163. The molecular formula is C15H17Cl2NO. The number of rotatable bonds is 3. The maximum Gasteiger partial charge on any atom is 0.163 e. The molecule has 2 aliphatic rings. The summed E-state index contributed by atoms with van der Waals surface area (Å²) in [5, 5.41) is 4.66. The fourth-order valence-corrected chi connectivity index (χ4v) is 3.96. The third kappa shape index (κ3) is 3.13. The SMILES string of the molecule is O=C(C[C@H]1C[C@H]2CC[C@@H](C1)N2)c1cc(Cl)cc(Cl)c1. The van der Waals surface area contributed by atoms with E-state index < -0.39 is 0 Å². The average Bonchev–Trinajstić information content (AvgIpc) is 2.67. The molecule has 4 heteroatoms. The highest BCUT2D eigenvalue weighted by molar-refractivity contribution is 6.35. The molecule has 2 fully saturated rings. The minimum Gasteiger partial charge on any atom is -0.311 e. The molecule has 0 spiro atoms. The first kappa shape index (κ1) is 13.4. The van der Waals surface area contributed by atoms with Crippen molar-refractivity contribution in [3.8, 4) is 0 Å². The monoisotopic (exact) mass is 297 g/mol. The van der Waals surface area contributed by atoms with Crippen molar-refractivity contribution in [2.24, 2.45) is 5.92 Å². The molecule has 3 rings (SSSR count). The second-order valence-electron chi connectivity index (χ2n) is 5.76. The Hall–Kier alpha value is -0.570. The first-order chi connectivity index (χ1) is 9.10. The van der Waals surface area contributed by atoms with Crippen LogP contribution in [0.4, 0.5) is 0 Å². The Balaban J connectivity index is 1.67. The van der Waals surface area contributed by atoms with Crippen molar-refractivity contribution in [1.29, 1.82) is 0 Å². The summed E-state index contributed by atoms with van der Waals surface area (Å²) in [6.07, 6.45) is 5.38. The fourth-order valence-electron chi connectivity index (χ4n) is 3.44. The molecule has 102 valence electrons. The van der Waals surface area contributed by atoms with E-state index in [1.54, 1.807) is 18.2 Å². The number of benzene rings is 1. The van der Waals surface area contributed by atoms with E-state index in [0.717, 1.165) is 12.8 Å². The molecule has 19 heavy (non-hydrogen) atoms. The number of Topliss-reactive ketones (excluding diaryl/α,β-unsaturated/α-hetero) is 1. The van der Waals surface area contributed by atoms with Crippen LogP contribution >= 0.6 is 23.2 Å². The zero-order chi connectivity index (χ0) is 13.4. The van der Waals surface area contributed by atoms with Crippen molar-refractivity contribution in [3.63, 3.8) is 0 Å². The summed E-state index contributed by atoms with van der Waals surface area (Å²) in [6, 6.07) is 6.33. The van der Waals surface area contributed by atoms with Gasteiger partial charge in [-0.3, -0.25) is 4.79 Å². The fraction of sp³-hybridized carbons (Fsp3) is 0.533. The lowest BCUT2D eigenvalue weighted by molar-refractivity contribution is 0.0945. The van der Waals surface area contributed by atoms with E-state index in [0.29, 0.717) is 40.0 Å². The highest BCUT2D eigenvalue weighted by Gasteiger charge is 2.34. The number of nitrogens with one attached hydrogen (secondary N) is 1. The van der Waals surface area contributed by atoms with Gasteiger partial charge < -0.3 is 5.32 Å². The normalized spacial score (nSPS) is 29.5. The summed E-state index contributed by atoms with van der Waals surface area (Å²) < 4.78 is 0. The highest BCUT2D eigenvalue weighted by Crippen LogP contribution is 2.33. The molecule has 0 saturated carbocycles. The Bertz CT molecular complexity index is 471. The Labute approximate surface area is 123 Å².